The Morgan fingerprint density at radius 2 is 2.11 bits per heavy atom. The zero-order valence-electron chi connectivity index (χ0n) is 9.52. The van der Waals surface area contributed by atoms with E-state index in [1.807, 2.05) is 0 Å². The van der Waals surface area contributed by atoms with Gasteiger partial charge in [0.1, 0.15) is 0 Å². The Kier molecular flexibility index (Phi) is 4.14. The zero-order valence-corrected chi connectivity index (χ0v) is 11.1. The van der Waals surface area contributed by atoms with Crippen LogP contribution in [0.4, 0.5) is 11.6 Å². The Hall–Kier alpha value is -2.35. The number of nitro groups is 1. The maximum atomic E-state index is 10.6. The average molecular weight is 322 g/mol. The van der Waals surface area contributed by atoms with Gasteiger partial charge in [0.2, 0.25) is 5.95 Å². The van der Waals surface area contributed by atoms with Crippen LogP contribution < -0.4 is 5.43 Å². The van der Waals surface area contributed by atoms with Gasteiger partial charge in [-0.05, 0) is 15.9 Å². The summed E-state index contributed by atoms with van der Waals surface area (Å²) in [4.78, 5) is 18.1. The molecule has 1 aromatic carbocycles. The van der Waals surface area contributed by atoms with Crippen LogP contribution in [0, 0.1) is 10.1 Å². The van der Waals surface area contributed by atoms with Crippen LogP contribution in [-0.2, 0) is 0 Å². The second-order valence-electron chi connectivity index (χ2n) is 3.45. The Bertz CT molecular complexity index is 615. The van der Waals surface area contributed by atoms with Gasteiger partial charge in [0.15, 0.2) is 0 Å². The predicted octanol–water partition coefficient (Wildman–Crippen LogP) is 2.59. The Labute approximate surface area is 116 Å². The Morgan fingerprint density at radius 3 is 2.79 bits per heavy atom. The molecule has 0 amide bonds. The van der Waals surface area contributed by atoms with E-state index >= 15 is 0 Å². The van der Waals surface area contributed by atoms with Gasteiger partial charge in [-0.15, -0.1) is 0 Å². The second-order valence-corrected chi connectivity index (χ2v) is 4.36. The van der Waals surface area contributed by atoms with E-state index in [1.54, 1.807) is 24.5 Å². The number of anilines is 1. The average Bonchev–Trinajstić information content (AvgIpc) is 2.41. The fourth-order valence-electron chi connectivity index (χ4n) is 1.25. The summed E-state index contributed by atoms with van der Waals surface area (Å²) in [7, 11) is 0. The Morgan fingerprint density at radius 1 is 1.37 bits per heavy atom. The normalized spacial score (nSPS) is 10.6. The number of benzene rings is 1. The predicted molar refractivity (Wildman–Crippen MR) is 74.0 cm³/mol. The number of non-ortho nitro benzene ring substituents is 1. The van der Waals surface area contributed by atoms with Crippen molar-refractivity contribution in [2.75, 3.05) is 5.43 Å². The molecule has 2 aromatic rings. The molecule has 0 spiro atoms. The van der Waals surface area contributed by atoms with Gasteiger partial charge in [-0.1, -0.05) is 12.1 Å². The molecule has 0 radical (unpaired) electrons. The molecule has 1 aromatic heterocycles. The first-order chi connectivity index (χ1) is 9.15. The van der Waals surface area contributed by atoms with E-state index in [4.69, 9.17) is 0 Å². The first-order valence-corrected chi connectivity index (χ1v) is 5.95. The number of rotatable bonds is 4. The smallest absolute Gasteiger partial charge is 0.258 e. The van der Waals surface area contributed by atoms with E-state index in [-0.39, 0.29) is 5.69 Å². The van der Waals surface area contributed by atoms with Gasteiger partial charge in [-0.2, -0.15) is 5.10 Å². The van der Waals surface area contributed by atoms with Crippen molar-refractivity contribution in [2.45, 2.75) is 0 Å². The Balaban J connectivity index is 2.04. The number of hydrogen-bond acceptors (Lipinski definition) is 6. The van der Waals surface area contributed by atoms with E-state index in [0.717, 1.165) is 4.47 Å². The lowest BCUT2D eigenvalue weighted by molar-refractivity contribution is -0.384. The summed E-state index contributed by atoms with van der Waals surface area (Å²) in [5.74, 6) is 0.338. The summed E-state index contributed by atoms with van der Waals surface area (Å²) in [5, 5.41) is 14.5. The molecule has 0 saturated heterocycles. The van der Waals surface area contributed by atoms with Crippen LogP contribution in [0.3, 0.4) is 0 Å². The van der Waals surface area contributed by atoms with E-state index < -0.39 is 4.92 Å². The lowest BCUT2D eigenvalue weighted by Crippen LogP contribution is -1.96. The molecule has 0 bridgehead atoms. The molecular formula is C11H8BrN5O2. The molecule has 8 heteroatoms. The van der Waals surface area contributed by atoms with Crippen LogP contribution in [0.5, 0.6) is 0 Å². The summed E-state index contributed by atoms with van der Waals surface area (Å²) in [6, 6.07) is 6.15. The zero-order chi connectivity index (χ0) is 13.7. The molecule has 0 aliphatic heterocycles. The summed E-state index contributed by atoms with van der Waals surface area (Å²) < 4.78 is 0.765. The maximum Gasteiger partial charge on any atom is 0.270 e. The number of nitro benzene ring substituents is 1. The van der Waals surface area contributed by atoms with Gasteiger partial charge in [0, 0.05) is 30.1 Å². The standard InChI is InChI=1S/C11H8BrN5O2/c12-9-6-13-11(14-7-9)16-15-5-8-2-1-3-10(4-8)17(18)19/h1-7H,(H,13,14,16)/b15-5+. The van der Waals surface area contributed by atoms with Crippen molar-refractivity contribution in [3.63, 3.8) is 0 Å². The van der Waals surface area contributed by atoms with E-state index in [2.05, 4.69) is 36.4 Å². The van der Waals surface area contributed by atoms with Gasteiger partial charge < -0.3 is 0 Å². The number of nitrogens with zero attached hydrogens (tertiary/aromatic N) is 4. The third-order valence-corrected chi connectivity index (χ3v) is 2.49. The second kappa shape index (κ2) is 6.01. The quantitative estimate of drug-likeness (QED) is 0.530. The van der Waals surface area contributed by atoms with Gasteiger partial charge >= 0.3 is 0 Å². The molecule has 0 saturated carbocycles. The van der Waals surface area contributed by atoms with Crippen LogP contribution in [-0.4, -0.2) is 21.1 Å². The number of hydrogen-bond donors (Lipinski definition) is 1. The molecule has 1 heterocycles. The van der Waals surface area contributed by atoms with Crippen molar-refractivity contribution < 1.29 is 4.92 Å². The SMILES string of the molecule is O=[N+]([O-])c1cccc(/C=N/Nc2ncc(Br)cn2)c1. The minimum atomic E-state index is -0.456. The summed E-state index contributed by atoms with van der Waals surface area (Å²) in [6.07, 6.45) is 4.62. The third-order valence-electron chi connectivity index (χ3n) is 2.08. The molecule has 0 aliphatic rings. The van der Waals surface area contributed by atoms with Crippen LogP contribution in [0.2, 0.25) is 0 Å². The van der Waals surface area contributed by atoms with Crippen molar-refractivity contribution in [2.24, 2.45) is 5.10 Å². The highest BCUT2D eigenvalue weighted by Gasteiger charge is 2.03. The molecule has 0 fully saturated rings. The third kappa shape index (κ3) is 3.81. The van der Waals surface area contributed by atoms with Gasteiger partial charge in [0.25, 0.3) is 5.69 Å². The van der Waals surface area contributed by atoms with Crippen molar-refractivity contribution in [3.8, 4) is 0 Å². The van der Waals surface area contributed by atoms with Crippen molar-refractivity contribution >= 4 is 33.8 Å². The maximum absolute atomic E-state index is 10.6. The molecule has 0 aliphatic carbocycles. The van der Waals surface area contributed by atoms with Crippen molar-refractivity contribution in [1.29, 1.82) is 0 Å². The first-order valence-electron chi connectivity index (χ1n) is 5.16. The molecule has 0 unspecified atom stereocenters. The minimum absolute atomic E-state index is 0.0174. The molecule has 96 valence electrons. The van der Waals surface area contributed by atoms with Gasteiger partial charge in [0.05, 0.1) is 15.6 Å². The molecule has 2 rings (SSSR count). The lowest BCUT2D eigenvalue weighted by atomic mass is 10.2. The molecule has 19 heavy (non-hydrogen) atoms. The molecule has 0 atom stereocenters. The number of hydrazone groups is 1. The summed E-state index contributed by atoms with van der Waals surface area (Å²) >= 11 is 3.22. The molecular weight excluding hydrogens is 314 g/mol. The van der Waals surface area contributed by atoms with Crippen LogP contribution >= 0.6 is 15.9 Å². The summed E-state index contributed by atoms with van der Waals surface area (Å²) in [5.41, 5.74) is 3.25. The van der Waals surface area contributed by atoms with Crippen LogP contribution in [0.15, 0.2) is 46.2 Å². The highest BCUT2D eigenvalue weighted by Crippen LogP contribution is 2.11. The highest BCUT2D eigenvalue weighted by molar-refractivity contribution is 9.10. The van der Waals surface area contributed by atoms with E-state index in [1.165, 1.54) is 18.3 Å². The summed E-state index contributed by atoms with van der Waals surface area (Å²) in [6.45, 7) is 0. The first kappa shape index (κ1) is 13.1. The van der Waals surface area contributed by atoms with Crippen LogP contribution in [0.25, 0.3) is 0 Å². The van der Waals surface area contributed by atoms with Gasteiger partial charge in [-0.25, -0.2) is 15.4 Å². The largest absolute Gasteiger partial charge is 0.270 e. The molecule has 7 nitrogen and oxygen atoms in total. The number of aromatic nitrogens is 2. The van der Waals surface area contributed by atoms with Crippen LogP contribution in [0.1, 0.15) is 5.56 Å². The lowest BCUT2D eigenvalue weighted by Gasteiger charge is -1.97. The number of nitrogens with one attached hydrogen (secondary N) is 1. The monoisotopic (exact) mass is 321 g/mol. The van der Waals surface area contributed by atoms with Crippen molar-refractivity contribution in [1.82, 2.24) is 9.97 Å². The fraction of sp³-hybridized carbons (Fsp3) is 0. The highest BCUT2D eigenvalue weighted by atomic mass is 79.9. The van der Waals surface area contributed by atoms with Gasteiger partial charge in [-0.3, -0.25) is 10.1 Å². The molecule has 1 N–H and O–H groups in total. The minimum Gasteiger partial charge on any atom is -0.258 e. The van der Waals surface area contributed by atoms with E-state index in [9.17, 15) is 10.1 Å². The van der Waals surface area contributed by atoms with Crippen molar-refractivity contribution in [3.05, 3.63) is 56.8 Å². The van der Waals surface area contributed by atoms with E-state index in [0.29, 0.717) is 11.5 Å². The fourth-order valence-corrected chi connectivity index (χ4v) is 1.46. The topological polar surface area (TPSA) is 93.3 Å². The number of halogens is 1.